The Morgan fingerprint density at radius 3 is 2.82 bits per heavy atom. The fraction of sp³-hybridized carbons (Fsp3) is 0.0833. The first-order chi connectivity index (χ1) is 8.16. The number of rotatable bonds is 3. The van der Waals surface area contributed by atoms with Gasteiger partial charge in [0.2, 0.25) is 5.88 Å². The molecule has 0 amide bonds. The van der Waals surface area contributed by atoms with Gasteiger partial charge in [-0.25, -0.2) is 4.98 Å². The Balaban J connectivity index is 2.10. The molecular formula is C12H10BrClN2O. The molecule has 5 heteroatoms. The van der Waals surface area contributed by atoms with Crippen molar-refractivity contribution in [2.45, 2.75) is 6.61 Å². The molecule has 88 valence electrons. The monoisotopic (exact) mass is 312 g/mol. The largest absolute Gasteiger partial charge is 0.472 e. The molecule has 1 heterocycles. The Hall–Kier alpha value is -1.26. The zero-order chi connectivity index (χ0) is 12.3. The lowest BCUT2D eigenvalue weighted by Crippen LogP contribution is -1.99. The summed E-state index contributed by atoms with van der Waals surface area (Å²) < 4.78 is 6.29. The Morgan fingerprint density at radius 1 is 1.35 bits per heavy atom. The fourth-order valence-corrected chi connectivity index (χ4v) is 1.98. The highest BCUT2D eigenvalue weighted by Gasteiger charge is 2.05. The van der Waals surface area contributed by atoms with Crippen LogP contribution in [0.2, 0.25) is 5.02 Å². The molecule has 0 saturated carbocycles. The van der Waals surface area contributed by atoms with Gasteiger partial charge in [-0.15, -0.1) is 0 Å². The standard InChI is InChI=1S/C12H10BrClN2O/c13-10-5-9(15)6-16-12(10)17-7-8-3-1-2-4-11(8)14/h1-6H,7,15H2. The highest BCUT2D eigenvalue weighted by molar-refractivity contribution is 9.10. The van der Waals surface area contributed by atoms with Crippen molar-refractivity contribution in [3.8, 4) is 5.88 Å². The van der Waals surface area contributed by atoms with Crippen molar-refractivity contribution in [2.24, 2.45) is 0 Å². The van der Waals surface area contributed by atoms with Crippen molar-refractivity contribution in [3.63, 3.8) is 0 Å². The summed E-state index contributed by atoms with van der Waals surface area (Å²) in [6.45, 7) is 0.370. The van der Waals surface area contributed by atoms with E-state index in [1.807, 2.05) is 24.3 Å². The SMILES string of the molecule is Nc1cnc(OCc2ccccc2Cl)c(Br)c1. The van der Waals surface area contributed by atoms with Crippen molar-refractivity contribution in [1.29, 1.82) is 0 Å². The number of nitrogens with zero attached hydrogens (tertiary/aromatic N) is 1. The van der Waals surface area contributed by atoms with Crippen LogP contribution in [0.3, 0.4) is 0 Å². The van der Waals surface area contributed by atoms with Gasteiger partial charge < -0.3 is 10.5 Å². The minimum atomic E-state index is 0.370. The van der Waals surface area contributed by atoms with E-state index in [1.54, 1.807) is 12.3 Å². The Labute approximate surface area is 113 Å². The number of ether oxygens (including phenoxy) is 1. The van der Waals surface area contributed by atoms with Gasteiger partial charge in [0.1, 0.15) is 6.61 Å². The predicted molar refractivity (Wildman–Crippen MR) is 72.1 cm³/mol. The average Bonchev–Trinajstić information content (AvgIpc) is 2.30. The molecule has 0 aliphatic rings. The second-order valence-electron chi connectivity index (χ2n) is 3.44. The molecule has 0 saturated heterocycles. The quantitative estimate of drug-likeness (QED) is 0.940. The summed E-state index contributed by atoms with van der Waals surface area (Å²) in [5.41, 5.74) is 7.09. The summed E-state index contributed by atoms with van der Waals surface area (Å²) >= 11 is 9.36. The third kappa shape index (κ3) is 3.11. The van der Waals surface area contributed by atoms with Crippen LogP contribution in [0.4, 0.5) is 5.69 Å². The average molecular weight is 314 g/mol. The lowest BCUT2D eigenvalue weighted by atomic mass is 10.2. The molecule has 0 fully saturated rings. The van der Waals surface area contributed by atoms with Crippen LogP contribution in [0.5, 0.6) is 5.88 Å². The van der Waals surface area contributed by atoms with E-state index in [1.165, 1.54) is 0 Å². The first kappa shape index (κ1) is 12.2. The summed E-state index contributed by atoms with van der Waals surface area (Å²) in [4.78, 5) is 4.09. The number of pyridine rings is 1. The van der Waals surface area contributed by atoms with E-state index >= 15 is 0 Å². The molecule has 1 aromatic carbocycles. The maximum atomic E-state index is 6.02. The normalized spacial score (nSPS) is 10.2. The summed E-state index contributed by atoms with van der Waals surface area (Å²) in [5.74, 6) is 0.499. The molecule has 2 N–H and O–H groups in total. The first-order valence-electron chi connectivity index (χ1n) is 4.94. The van der Waals surface area contributed by atoms with Gasteiger partial charge in [0.25, 0.3) is 0 Å². The van der Waals surface area contributed by atoms with E-state index in [0.717, 1.165) is 10.0 Å². The molecule has 0 aliphatic heterocycles. The van der Waals surface area contributed by atoms with Crippen LogP contribution < -0.4 is 10.5 Å². The van der Waals surface area contributed by atoms with E-state index in [-0.39, 0.29) is 0 Å². The van der Waals surface area contributed by atoms with Crippen LogP contribution in [-0.4, -0.2) is 4.98 Å². The Bertz CT molecular complexity index is 534. The smallest absolute Gasteiger partial charge is 0.228 e. The lowest BCUT2D eigenvalue weighted by Gasteiger charge is -2.08. The van der Waals surface area contributed by atoms with Crippen LogP contribution in [-0.2, 0) is 6.61 Å². The molecule has 0 spiro atoms. The topological polar surface area (TPSA) is 48.1 Å². The molecular weight excluding hydrogens is 304 g/mol. The second kappa shape index (κ2) is 5.38. The van der Waals surface area contributed by atoms with E-state index in [9.17, 15) is 0 Å². The van der Waals surface area contributed by atoms with Crippen LogP contribution in [0.25, 0.3) is 0 Å². The van der Waals surface area contributed by atoms with E-state index < -0.39 is 0 Å². The summed E-state index contributed by atoms with van der Waals surface area (Å²) in [7, 11) is 0. The lowest BCUT2D eigenvalue weighted by molar-refractivity contribution is 0.292. The maximum absolute atomic E-state index is 6.02. The minimum absolute atomic E-state index is 0.370. The van der Waals surface area contributed by atoms with Crippen molar-refractivity contribution < 1.29 is 4.74 Å². The number of benzene rings is 1. The van der Waals surface area contributed by atoms with E-state index in [2.05, 4.69) is 20.9 Å². The van der Waals surface area contributed by atoms with Gasteiger partial charge in [-0.3, -0.25) is 0 Å². The Morgan fingerprint density at radius 2 is 2.12 bits per heavy atom. The van der Waals surface area contributed by atoms with Gasteiger partial charge >= 0.3 is 0 Å². The van der Waals surface area contributed by atoms with Gasteiger partial charge in [0, 0.05) is 10.6 Å². The third-order valence-electron chi connectivity index (χ3n) is 2.15. The number of halogens is 2. The van der Waals surface area contributed by atoms with E-state index in [4.69, 9.17) is 22.1 Å². The van der Waals surface area contributed by atoms with E-state index in [0.29, 0.717) is 23.2 Å². The molecule has 1 aromatic heterocycles. The predicted octanol–water partition coefficient (Wildman–Crippen LogP) is 3.66. The molecule has 0 atom stereocenters. The van der Waals surface area contributed by atoms with Gasteiger partial charge in [-0.1, -0.05) is 29.8 Å². The number of anilines is 1. The molecule has 0 bridgehead atoms. The highest BCUT2D eigenvalue weighted by Crippen LogP contribution is 2.25. The minimum Gasteiger partial charge on any atom is -0.472 e. The second-order valence-corrected chi connectivity index (χ2v) is 4.70. The van der Waals surface area contributed by atoms with Crippen molar-refractivity contribution >= 4 is 33.2 Å². The molecule has 2 rings (SSSR count). The maximum Gasteiger partial charge on any atom is 0.228 e. The highest BCUT2D eigenvalue weighted by atomic mass is 79.9. The first-order valence-corrected chi connectivity index (χ1v) is 6.11. The molecule has 17 heavy (non-hydrogen) atoms. The van der Waals surface area contributed by atoms with Crippen LogP contribution >= 0.6 is 27.5 Å². The number of hydrogen-bond acceptors (Lipinski definition) is 3. The summed E-state index contributed by atoms with van der Waals surface area (Å²) in [6, 6.07) is 9.27. The van der Waals surface area contributed by atoms with Crippen molar-refractivity contribution in [1.82, 2.24) is 4.98 Å². The number of nitrogens with two attached hydrogens (primary N) is 1. The molecule has 2 aromatic rings. The summed E-state index contributed by atoms with van der Waals surface area (Å²) in [5, 5.41) is 0.680. The number of hydrogen-bond donors (Lipinski definition) is 1. The van der Waals surface area contributed by atoms with Crippen LogP contribution in [0.15, 0.2) is 41.0 Å². The zero-order valence-electron chi connectivity index (χ0n) is 8.86. The fourth-order valence-electron chi connectivity index (χ4n) is 1.31. The third-order valence-corrected chi connectivity index (χ3v) is 3.09. The van der Waals surface area contributed by atoms with Gasteiger partial charge in [-0.05, 0) is 28.1 Å². The van der Waals surface area contributed by atoms with Crippen molar-refractivity contribution in [3.05, 3.63) is 51.6 Å². The molecule has 0 aliphatic carbocycles. The molecule has 0 unspecified atom stereocenters. The van der Waals surface area contributed by atoms with Crippen molar-refractivity contribution in [2.75, 3.05) is 5.73 Å². The number of nitrogen functional groups attached to an aromatic ring is 1. The Kier molecular flexibility index (Phi) is 3.86. The summed E-state index contributed by atoms with van der Waals surface area (Å²) in [6.07, 6.45) is 1.55. The zero-order valence-corrected chi connectivity index (χ0v) is 11.2. The van der Waals surface area contributed by atoms with Gasteiger partial charge in [-0.2, -0.15) is 0 Å². The molecule has 3 nitrogen and oxygen atoms in total. The van der Waals surface area contributed by atoms with Crippen LogP contribution in [0.1, 0.15) is 5.56 Å². The number of aromatic nitrogens is 1. The van der Waals surface area contributed by atoms with Gasteiger partial charge in [0.15, 0.2) is 0 Å². The van der Waals surface area contributed by atoms with Gasteiger partial charge in [0.05, 0.1) is 16.4 Å². The molecule has 0 radical (unpaired) electrons. The van der Waals surface area contributed by atoms with Crippen LogP contribution in [0, 0.1) is 0 Å².